The summed E-state index contributed by atoms with van der Waals surface area (Å²) < 4.78 is 17.0. The Balaban J connectivity index is 1.89. The Bertz CT molecular complexity index is 940. The molecule has 28 heavy (non-hydrogen) atoms. The monoisotopic (exact) mass is 494 g/mol. The zero-order valence-electron chi connectivity index (χ0n) is 16.8. The van der Waals surface area contributed by atoms with E-state index < -0.39 is 0 Å². The van der Waals surface area contributed by atoms with E-state index in [0.29, 0.717) is 18.3 Å². The van der Waals surface area contributed by atoms with Crippen molar-refractivity contribution in [2.75, 3.05) is 25.6 Å². The molecular formula is C21H25IN3O3-. The first kappa shape index (κ1) is 20.6. The maximum absolute atomic E-state index is 5.80. The maximum atomic E-state index is 5.80. The summed E-state index contributed by atoms with van der Waals surface area (Å²) >= 11 is -0.378. The van der Waals surface area contributed by atoms with Crippen LogP contribution in [0.3, 0.4) is 0 Å². The van der Waals surface area contributed by atoms with E-state index in [2.05, 4.69) is 59.2 Å². The van der Waals surface area contributed by atoms with Gasteiger partial charge in [0, 0.05) is 0 Å². The first-order valence-electron chi connectivity index (χ1n) is 9.03. The summed E-state index contributed by atoms with van der Waals surface area (Å²) in [7, 11) is 4.12. The molecule has 0 saturated heterocycles. The molecule has 6 nitrogen and oxygen atoms in total. The molecule has 0 fully saturated rings. The van der Waals surface area contributed by atoms with Gasteiger partial charge in [0.15, 0.2) is 0 Å². The number of halogens is 1. The van der Waals surface area contributed by atoms with Crippen LogP contribution < -0.4 is 29.4 Å². The van der Waals surface area contributed by atoms with Crippen LogP contribution in [0.15, 0.2) is 40.9 Å². The molecule has 0 amide bonds. The van der Waals surface area contributed by atoms with Crippen molar-refractivity contribution in [2.45, 2.75) is 20.4 Å². The molecule has 0 aliphatic heterocycles. The Kier molecular flexibility index (Phi) is 6.90. The standard InChI is InChI=1S/C21H25IN3O3/c1-6-26-18-10-8-16(12-19(18)27-22-3)21-23-20(24-28-21)17-9-7-15(11-14(17)2)13-25(4)5/h7-12H,6,13H2,1-5H3/q-1. The summed E-state index contributed by atoms with van der Waals surface area (Å²) in [5.41, 5.74) is 4.17. The first-order valence-corrected chi connectivity index (χ1v) is 12.1. The number of nitrogens with zero attached hydrogens (tertiary/aromatic N) is 3. The number of hydrogen-bond donors (Lipinski definition) is 0. The average molecular weight is 494 g/mol. The van der Waals surface area contributed by atoms with Gasteiger partial charge in [0.1, 0.15) is 0 Å². The van der Waals surface area contributed by atoms with Gasteiger partial charge in [0.05, 0.1) is 0 Å². The van der Waals surface area contributed by atoms with E-state index in [1.165, 1.54) is 5.56 Å². The molecule has 7 heteroatoms. The number of ether oxygens (including phenoxy) is 1. The second-order valence-electron chi connectivity index (χ2n) is 6.64. The summed E-state index contributed by atoms with van der Waals surface area (Å²) in [5, 5.41) is 4.19. The van der Waals surface area contributed by atoms with Crippen LogP contribution in [-0.2, 0) is 6.54 Å². The van der Waals surface area contributed by atoms with Crippen LogP contribution in [0.4, 0.5) is 0 Å². The number of aromatic nitrogens is 2. The van der Waals surface area contributed by atoms with E-state index in [4.69, 9.17) is 12.3 Å². The van der Waals surface area contributed by atoms with Crippen LogP contribution in [0.25, 0.3) is 22.8 Å². The number of rotatable bonds is 8. The molecule has 0 unspecified atom stereocenters. The van der Waals surface area contributed by atoms with Crippen molar-refractivity contribution in [3.63, 3.8) is 0 Å². The summed E-state index contributed by atoms with van der Waals surface area (Å²) in [6.45, 7) is 5.51. The van der Waals surface area contributed by atoms with Gasteiger partial charge in [-0.15, -0.1) is 0 Å². The predicted octanol–water partition coefficient (Wildman–Crippen LogP) is 1.18. The Labute approximate surface area is 176 Å². The third-order valence-corrected chi connectivity index (χ3v) is 5.02. The normalized spacial score (nSPS) is 11.2. The number of aryl methyl sites for hydroxylation is 1. The van der Waals surface area contributed by atoms with Gasteiger partial charge in [-0.1, -0.05) is 0 Å². The SMILES string of the molecule is CCOc1ccc(-c2nc(-c3ccc(CN(C)C)cc3C)no2)cc1O[I-]C. The fourth-order valence-corrected chi connectivity index (χ4v) is 3.77. The Morgan fingerprint density at radius 1 is 1.11 bits per heavy atom. The van der Waals surface area contributed by atoms with Crippen molar-refractivity contribution < 1.29 is 33.9 Å². The fourth-order valence-electron chi connectivity index (χ4n) is 2.95. The second kappa shape index (κ2) is 9.38. The molecule has 0 saturated carbocycles. The van der Waals surface area contributed by atoms with Gasteiger partial charge in [-0.2, -0.15) is 0 Å². The van der Waals surface area contributed by atoms with Crippen molar-refractivity contribution >= 4 is 0 Å². The minimum atomic E-state index is -0.378. The Morgan fingerprint density at radius 3 is 2.61 bits per heavy atom. The van der Waals surface area contributed by atoms with Gasteiger partial charge < -0.3 is 4.90 Å². The van der Waals surface area contributed by atoms with E-state index in [9.17, 15) is 0 Å². The van der Waals surface area contributed by atoms with Gasteiger partial charge in [-0.3, -0.25) is 0 Å². The molecule has 0 N–H and O–H groups in total. The number of hydrogen-bond acceptors (Lipinski definition) is 6. The number of alkyl halides is 1. The van der Waals surface area contributed by atoms with Gasteiger partial charge in [0.2, 0.25) is 0 Å². The van der Waals surface area contributed by atoms with Gasteiger partial charge in [0.25, 0.3) is 0 Å². The molecule has 0 spiro atoms. The summed E-state index contributed by atoms with van der Waals surface area (Å²) in [4.78, 5) is 8.80. The first-order chi connectivity index (χ1) is 13.5. The molecule has 2 aromatic carbocycles. The van der Waals surface area contributed by atoms with Crippen LogP contribution in [0.1, 0.15) is 18.1 Å². The van der Waals surface area contributed by atoms with E-state index in [-0.39, 0.29) is 21.6 Å². The molecule has 150 valence electrons. The van der Waals surface area contributed by atoms with E-state index in [1.54, 1.807) is 0 Å². The van der Waals surface area contributed by atoms with E-state index in [0.717, 1.165) is 34.7 Å². The predicted molar refractivity (Wildman–Crippen MR) is 105 cm³/mol. The van der Waals surface area contributed by atoms with E-state index >= 15 is 0 Å². The fraction of sp³-hybridized carbons (Fsp3) is 0.333. The second-order valence-corrected chi connectivity index (χ2v) is 7.96. The van der Waals surface area contributed by atoms with Gasteiger partial charge in [-0.05, 0) is 14.1 Å². The zero-order valence-corrected chi connectivity index (χ0v) is 19.0. The van der Waals surface area contributed by atoms with Crippen molar-refractivity contribution in [2.24, 2.45) is 0 Å². The van der Waals surface area contributed by atoms with Crippen LogP contribution in [0.2, 0.25) is 0 Å². The van der Waals surface area contributed by atoms with E-state index in [1.807, 2.05) is 25.1 Å². The molecule has 3 rings (SSSR count). The summed E-state index contributed by atoms with van der Waals surface area (Å²) in [6.07, 6.45) is 0. The quantitative estimate of drug-likeness (QED) is 0.347. The molecule has 0 radical (unpaired) electrons. The number of benzene rings is 2. The molecule has 1 aromatic heterocycles. The third-order valence-electron chi connectivity index (χ3n) is 4.11. The Morgan fingerprint density at radius 2 is 1.93 bits per heavy atom. The van der Waals surface area contributed by atoms with Crippen LogP contribution in [0.5, 0.6) is 11.5 Å². The molecule has 3 aromatic rings. The van der Waals surface area contributed by atoms with Crippen LogP contribution in [-0.4, -0.2) is 40.7 Å². The minimum absolute atomic E-state index is 0.378. The van der Waals surface area contributed by atoms with Crippen molar-refractivity contribution in [3.8, 4) is 34.3 Å². The zero-order chi connectivity index (χ0) is 20.1. The average Bonchev–Trinajstić information content (AvgIpc) is 3.13. The van der Waals surface area contributed by atoms with Crippen molar-refractivity contribution in [1.29, 1.82) is 0 Å². The molecular weight excluding hydrogens is 469 g/mol. The van der Waals surface area contributed by atoms with Crippen LogP contribution in [0, 0.1) is 6.92 Å². The van der Waals surface area contributed by atoms with Crippen molar-refractivity contribution in [1.82, 2.24) is 15.0 Å². The van der Waals surface area contributed by atoms with Crippen LogP contribution >= 0.6 is 0 Å². The third kappa shape index (κ3) is 4.82. The molecule has 0 aliphatic carbocycles. The molecule has 0 atom stereocenters. The van der Waals surface area contributed by atoms with Crippen molar-refractivity contribution in [3.05, 3.63) is 47.5 Å². The topological polar surface area (TPSA) is 60.6 Å². The Hall–Kier alpha value is -2.13. The van der Waals surface area contributed by atoms with Gasteiger partial charge in [-0.25, -0.2) is 0 Å². The molecule has 0 aliphatic rings. The summed E-state index contributed by atoms with van der Waals surface area (Å²) in [5.74, 6) is 2.51. The summed E-state index contributed by atoms with van der Waals surface area (Å²) in [6, 6.07) is 12.0. The molecule has 1 heterocycles. The van der Waals surface area contributed by atoms with Gasteiger partial charge >= 0.3 is 158 Å². The molecule has 0 bridgehead atoms.